The molecule has 6 heteroatoms. The van der Waals surface area contributed by atoms with Crippen LogP contribution in [0.4, 0.5) is 5.69 Å². The van der Waals surface area contributed by atoms with Gasteiger partial charge in [-0.05, 0) is 43.5 Å². The third-order valence-electron chi connectivity index (χ3n) is 5.27. The summed E-state index contributed by atoms with van der Waals surface area (Å²) in [4.78, 5) is 34.0. The first-order valence-electron chi connectivity index (χ1n) is 9.41. The molecule has 2 fully saturated rings. The molecule has 6 nitrogen and oxygen atoms in total. The summed E-state index contributed by atoms with van der Waals surface area (Å²) in [6.45, 7) is 1.76. The summed E-state index contributed by atoms with van der Waals surface area (Å²) in [6.07, 6.45) is 4.04. The van der Waals surface area contributed by atoms with Gasteiger partial charge in [-0.25, -0.2) is 0 Å². The van der Waals surface area contributed by atoms with E-state index in [2.05, 4.69) is 4.98 Å². The quantitative estimate of drug-likeness (QED) is 0.820. The van der Waals surface area contributed by atoms with Gasteiger partial charge >= 0.3 is 0 Å². The van der Waals surface area contributed by atoms with Crippen molar-refractivity contribution >= 4 is 17.5 Å². The predicted octanol–water partition coefficient (Wildman–Crippen LogP) is 2.51. The smallest absolute Gasteiger partial charge is 0.272 e. The molecule has 2 aliphatic rings. The number of hydrogen-bond donors (Lipinski definition) is 0. The molecule has 0 bridgehead atoms. The minimum absolute atomic E-state index is 0.0512. The van der Waals surface area contributed by atoms with Crippen LogP contribution in [0.2, 0.25) is 0 Å². The second-order valence-electron chi connectivity index (χ2n) is 7.03. The van der Waals surface area contributed by atoms with Gasteiger partial charge in [0.25, 0.3) is 11.8 Å². The fraction of sp³-hybridized carbons (Fsp3) is 0.381. The molecule has 1 spiro atoms. The van der Waals surface area contributed by atoms with Crippen LogP contribution in [-0.4, -0.2) is 53.5 Å². The SMILES string of the molecule is O=C(c1ccccn1)N1CCOC2(CCCCN(c3ccccc3)C2=O)C1. The van der Waals surface area contributed by atoms with E-state index < -0.39 is 5.60 Å². The Labute approximate surface area is 158 Å². The highest BCUT2D eigenvalue weighted by Crippen LogP contribution is 2.32. The number of aromatic nitrogens is 1. The molecule has 2 aliphatic heterocycles. The predicted molar refractivity (Wildman–Crippen MR) is 101 cm³/mol. The first-order valence-corrected chi connectivity index (χ1v) is 9.41. The maximum absolute atomic E-state index is 13.5. The summed E-state index contributed by atoms with van der Waals surface area (Å²) in [7, 11) is 0. The maximum atomic E-state index is 13.5. The highest BCUT2D eigenvalue weighted by molar-refractivity contribution is 6.01. The fourth-order valence-electron chi connectivity index (χ4n) is 3.88. The Morgan fingerprint density at radius 3 is 2.63 bits per heavy atom. The van der Waals surface area contributed by atoms with Crippen molar-refractivity contribution in [2.75, 3.05) is 31.1 Å². The second kappa shape index (κ2) is 7.48. The number of carbonyl (C=O) groups excluding carboxylic acids is 2. The van der Waals surface area contributed by atoms with Crippen molar-refractivity contribution in [3.8, 4) is 0 Å². The van der Waals surface area contributed by atoms with Gasteiger partial charge in [-0.15, -0.1) is 0 Å². The molecule has 0 aliphatic carbocycles. The number of carbonyl (C=O) groups is 2. The molecular formula is C21H23N3O3. The summed E-state index contributed by atoms with van der Waals surface area (Å²) in [5.74, 6) is -0.202. The van der Waals surface area contributed by atoms with Gasteiger partial charge in [-0.2, -0.15) is 0 Å². The molecule has 2 amide bonds. The number of hydrogen-bond acceptors (Lipinski definition) is 4. The van der Waals surface area contributed by atoms with Gasteiger partial charge in [0, 0.05) is 25.0 Å². The van der Waals surface area contributed by atoms with E-state index in [1.54, 1.807) is 29.3 Å². The van der Waals surface area contributed by atoms with E-state index in [4.69, 9.17) is 4.74 Å². The van der Waals surface area contributed by atoms with Crippen molar-refractivity contribution in [3.63, 3.8) is 0 Å². The minimum Gasteiger partial charge on any atom is -0.361 e. The summed E-state index contributed by atoms with van der Waals surface area (Å²) in [5, 5.41) is 0. The molecule has 1 unspecified atom stereocenters. The van der Waals surface area contributed by atoms with E-state index in [1.807, 2.05) is 35.2 Å². The number of pyridine rings is 1. The van der Waals surface area contributed by atoms with Gasteiger partial charge < -0.3 is 14.5 Å². The fourth-order valence-corrected chi connectivity index (χ4v) is 3.88. The third-order valence-corrected chi connectivity index (χ3v) is 5.27. The summed E-state index contributed by atoms with van der Waals surface area (Å²) in [5.41, 5.74) is 0.297. The van der Waals surface area contributed by atoms with E-state index in [1.165, 1.54) is 0 Å². The van der Waals surface area contributed by atoms with Crippen molar-refractivity contribution in [2.45, 2.75) is 24.9 Å². The van der Waals surface area contributed by atoms with Gasteiger partial charge in [-0.3, -0.25) is 14.6 Å². The van der Waals surface area contributed by atoms with Gasteiger partial charge in [0.2, 0.25) is 0 Å². The molecule has 0 N–H and O–H groups in total. The summed E-state index contributed by atoms with van der Waals surface area (Å²) < 4.78 is 6.06. The van der Waals surface area contributed by atoms with Crippen LogP contribution >= 0.6 is 0 Å². The van der Waals surface area contributed by atoms with Crippen molar-refractivity contribution in [2.24, 2.45) is 0 Å². The lowest BCUT2D eigenvalue weighted by Gasteiger charge is -2.42. The van der Waals surface area contributed by atoms with Gasteiger partial charge in [-0.1, -0.05) is 24.3 Å². The van der Waals surface area contributed by atoms with Crippen LogP contribution in [0.5, 0.6) is 0 Å². The van der Waals surface area contributed by atoms with Crippen LogP contribution in [-0.2, 0) is 9.53 Å². The third kappa shape index (κ3) is 3.45. The normalized spacial score (nSPS) is 23.3. The number of nitrogens with zero attached hydrogens (tertiary/aromatic N) is 3. The van der Waals surface area contributed by atoms with Gasteiger partial charge in [0.1, 0.15) is 5.69 Å². The maximum Gasteiger partial charge on any atom is 0.272 e. The molecule has 2 saturated heterocycles. The lowest BCUT2D eigenvalue weighted by Crippen LogP contribution is -2.61. The number of benzene rings is 1. The Morgan fingerprint density at radius 2 is 1.85 bits per heavy atom. The molecule has 2 aromatic rings. The molecular weight excluding hydrogens is 342 g/mol. The number of morpholine rings is 1. The average Bonchev–Trinajstić information content (AvgIpc) is 2.88. The molecule has 27 heavy (non-hydrogen) atoms. The second-order valence-corrected chi connectivity index (χ2v) is 7.03. The summed E-state index contributed by atoms with van der Waals surface area (Å²) >= 11 is 0. The lowest BCUT2D eigenvalue weighted by molar-refractivity contribution is -0.155. The average molecular weight is 365 g/mol. The highest BCUT2D eigenvalue weighted by atomic mass is 16.5. The van der Waals surface area contributed by atoms with Crippen LogP contribution in [0.1, 0.15) is 29.8 Å². The first-order chi connectivity index (χ1) is 13.2. The van der Waals surface area contributed by atoms with Crippen LogP contribution in [0.15, 0.2) is 54.7 Å². The Bertz CT molecular complexity index is 812. The zero-order valence-corrected chi connectivity index (χ0v) is 15.2. The minimum atomic E-state index is -0.977. The van der Waals surface area contributed by atoms with Gasteiger partial charge in [0.05, 0.1) is 13.2 Å². The zero-order chi connectivity index (χ0) is 18.7. The van der Waals surface area contributed by atoms with Crippen molar-refractivity contribution < 1.29 is 14.3 Å². The molecule has 0 saturated carbocycles. The van der Waals surface area contributed by atoms with E-state index in [0.29, 0.717) is 31.8 Å². The Kier molecular flexibility index (Phi) is 4.90. The van der Waals surface area contributed by atoms with Crippen LogP contribution < -0.4 is 4.90 Å². The molecule has 3 heterocycles. The molecule has 1 aromatic heterocycles. The van der Waals surface area contributed by atoms with Crippen molar-refractivity contribution in [1.82, 2.24) is 9.88 Å². The summed E-state index contributed by atoms with van der Waals surface area (Å²) in [6, 6.07) is 15.0. The zero-order valence-electron chi connectivity index (χ0n) is 15.2. The number of amides is 2. The van der Waals surface area contributed by atoms with Crippen LogP contribution in [0.25, 0.3) is 0 Å². The number of ether oxygens (including phenoxy) is 1. The Balaban J connectivity index is 1.60. The Hall–Kier alpha value is -2.73. The lowest BCUT2D eigenvalue weighted by atomic mass is 9.93. The monoisotopic (exact) mass is 365 g/mol. The molecule has 4 rings (SSSR count). The van der Waals surface area contributed by atoms with E-state index in [9.17, 15) is 9.59 Å². The van der Waals surface area contributed by atoms with Crippen molar-refractivity contribution in [1.29, 1.82) is 0 Å². The van der Waals surface area contributed by atoms with E-state index in [-0.39, 0.29) is 18.4 Å². The van der Waals surface area contributed by atoms with E-state index in [0.717, 1.165) is 18.5 Å². The number of rotatable bonds is 2. The molecule has 1 aromatic carbocycles. The Morgan fingerprint density at radius 1 is 1.04 bits per heavy atom. The van der Waals surface area contributed by atoms with Crippen LogP contribution in [0, 0.1) is 0 Å². The number of anilines is 1. The largest absolute Gasteiger partial charge is 0.361 e. The highest BCUT2D eigenvalue weighted by Gasteiger charge is 2.48. The first kappa shape index (κ1) is 17.7. The van der Waals surface area contributed by atoms with Crippen molar-refractivity contribution in [3.05, 3.63) is 60.4 Å². The standard InChI is InChI=1S/C21H23N3O3/c25-19(18-10-4-6-12-22-18)23-14-15-27-21(16-23)11-5-7-13-24(20(21)26)17-8-2-1-3-9-17/h1-4,6,8-10,12H,5,7,11,13-16H2. The van der Waals surface area contributed by atoms with E-state index >= 15 is 0 Å². The molecule has 140 valence electrons. The van der Waals surface area contributed by atoms with Crippen LogP contribution in [0.3, 0.4) is 0 Å². The molecule has 0 radical (unpaired) electrons. The topological polar surface area (TPSA) is 62.7 Å². The number of para-hydroxylation sites is 1. The van der Waals surface area contributed by atoms with Gasteiger partial charge in [0.15, 0.2) is 5.60 Å². The molecule has 1 atom stereocenters.